The van der Waals surface area contributed by atoms with Crippen LogP contribution in [0.25, 0.3) is 0 Å². The van der Waals surface area contributed by atoms with Crippen molar-refractivity contribution in [1.29, 1.82) is 0 Å². The molecule has 0 aromatic carbocycles. The Morgan fingerprint density at radius 2 is 2.44 bits per heavy atom. The van der Waals surface area contributed by atoms with Crippen molar-refractivity contribution < 1.29 is 0 Å². The number of nitrogens with zero attached hydrogens (tertiary/aromatic N) is 3. The summed E-state index contributed by atoms with van der Waals surface area (Å²) in [6.45, 7) is 0. The lowest BCUT2D eigenvalue weighted by molar-refractivity contribution is 0.642. The standard InChI is InChI=1S/C8H7ClN4OS2/c9-5-3-15-8(10-5)16-7-12-11-6(14)13(7)4-1-2-4/h3-4H,1-2H2,(H,11,14). The van der Waals surface area contributed by atoms with E-state index in [0.29, 0.717) is 16.4 Å². The molecule has 5 nitrogen and oxygen atoms in total. The third-order valence-electron chi connectivity index (χ3n) is 2.22. The Morgan fingerprint density at radius 1 is 1.62 bits per heavy atom. The number of thiazole rings is 1. The maximum Gasteiger partial charge on any atom is 0.344 e. The smallest absolute Gasteiger partial charge is 0.267 e. The summed E-state index contributed by atoms with van der Waals surface area (Å²) in [6.07, 6.45) is 2.09. The molecule has 1 fully saturated rings. The molecule has 0 radical (unpaired) electrons. The van der Waals surface area contributed by atoms with Gasteiger partial charge < -0.3 is 0 Å². The molecule has 0 saturated heterocycles. The molecule has 1 aliphatic rings. The second kappa shape index (κ2) is 3.90. The molecule has 16 heavy (non-hydrogen) atoms. The van der Waals surface area contributed by atoms with E-state index in [1.807, 2.05) is 0 Å². The quantitative estimate of drug-likeness (QED) is 0.932. The largest absolute Gasteiger partial charge is 0.344 e. The molecule has 1 N–H and O–H groups in total. The van der Waals surface area contributed by atoms with Crippen LogP contribution in [0.5, 0.6) is 0 Å². The molecule has 0 atom stereocenters. The number of aromatic nitrogens is 4. The molecule has 0 spiro atoms. The molecule has 0 aliphatic heterocycles. The van der Waals surface area contributed by atoms with Crippen molar-refractivity contribution in [3.63, 3.8) is 0 Å². The number of hydrogen-bond acceptors (Lipinski definition) is 5. The highest BCUT2D eigenvalue weighted by molar-refractivity contribution is 8.00. The van der Waals surface area contributed by atoms with Gasteiger partial charge in [0.15, 0.2) is 9.50 Å². The second-order valence-electron chi connectivity index (χ2n) is 3.45. The molecule has 3 rings (SSSR count). The second-order valence-corrected chi connectivity index (χ2v) is 5.91. The minimum Gasteiger partial charge on any atom is -0.267 e. The summed E-state index contributed by atoms with van der Waals surface area (Å²) >= 11 is 8.55. The predicted molar refractivity (Wildman–Crippen MR) is 62.4 cm³/mol. The van der Waals surface area contributed by atoms with Gasteiger partial charge in [-0.05, 0) is 24.6 Å². The van der Waals surface area contributed by atoms with Gasteiger partial charge in [-0.2, -0.15) is 0 Å². The monoisotopic (exact) mass is 274 g/mol. The first kappa shape index (κ1) is 10.4. The maximum atomic E-state index is 11.5. The van der Waals surface area contributed by atoms with Gasteiger partial charge in [-0.15, -0.1) is 16.4 Å². The van der Waals surface area contributed by atoms with E-state index in [4.69, 9.17) is 11.6 Å². The van der Waals surface area contributed by atoms with Gasteiger partial charge in [-0.25, -0.2) is 14.9 Å². The fourth-order valence-corrected chi connectivity index (χ4v) is 3.38. The van der Waals surface area contributed by atoms with E-state index in [2.05, 4.69) is 15.2 Å². The zero-order valence-electron chi connectivity index (χ0n) is 8.01. The Hall–Kier alpha value is -0.790. The van der Waals surface area contributed by atoms with Gasteiger partial charge in [-0.1, -0.05) is 11.6 Å². The first-order valence-corrected chi connectivity index (χ1v) is 6.77. The zero-order valence-corrected chi connectivity index (χ0v) is 10.4. The van der Waals surface area contributed by atoms with E-state index in [-0.39, 0.29) is 5.69 Å². The highest BCUT2D eigenvalue weighted by atomic mass is 35.5. The highest BCUT2D eigenvalue weighted by Gasteiger charge is 2.29. The van der Waals surface area contributed by atoms with Crippen LogP contribution in [-0.4, -0.2) is 19.7 Å². The summed E-state index contributed by atoms with van der Waals surface area (Å²) in [7, 11) is 0. The van der Waals surface area contributed by atoms with Crippen molar-refractivity contribution in [2.24, 2.45) is 0 Å². The van der Waals surface area contributed by atoms with Crippen LogP contribution in [0.2, 0.25) is 5.15 Å². The molecule has 1 aliphatic carbocycles. The molecule has 84 valence electrons. The number of halogens is 1. The van der Waals surface area contributed by atoms with Gasteiger partial charge in [0.25, 0.3) is 0 Å². The van der Waals surface area contributed by atoms with Gasteiger partial charge in [-0.3, -0.25) is 4.57 Å². The average molecular weight is 275 g/mol. The van der Waals surface area contributed by atoms with Crippen LogP contribution in [0, 0.1) is 0 Å². The molecule has 1 saturated carbocycles. The Bertz CT molecular complexity index is 571. The summed E-state index contributed by atoms with van der Waals surface area (Å²) in [5.74, 6) is 0. The first-order chi connectivity index (χ1) is 7.74. The van der Waals surface area contributed by atoms with Crippen LogP contribution in [0.3, 0.4) is 0 Å². The van der Waals surface area contributed by atoms with Crippen LogP contribution in [0.1, 0.15) is 18.9 Å². The first-order valence-electron chi connectivity index (χ1n) is 4.70. The van der Waals surface area contributed by atoms with E-state index in [9.17, 15) is 4.79 Å². The van der Waals surface area contributed by atoms with Crippen molar-refractivity contribution in [3.05, 3.63) is 21.0 Å². The van der Waals surface area contributed by atoms with E-state index in [1.165, 1.54) is 23.1 Å². The Morgan fingerprint density at radius 3 is 3.06 bits per heavy atom. The minimum absolute atomic E-state index is 0.146. The molecule has 0 amide bonds. The normalized spacial score (nSPS) is 15.6. The summed E-state index contributed by atoms with van der Waals surface area (Å²) in [5, 5.41) is 9.36. The molecule has 2 aromatic heterocycles. The fourth-order valence-electron chi connectivity index (χ4n) is 1.38. The predicted octanol–water partition coefficient (Wildman–Crippen LogP) is 2.17. The van der Waals surface area contributed by atoms with Gasteiger partial charge in [0.05, 0.1) is 0 Å². The molecule has 0 unspecified atom stereocenters. The highest BCUT2D eigenvalue weighted by Crippen LogP contribution is 2.38. The topological polar surface area (TPSA) is 63.6 Å². The molecule has 8 heteroatoms. The van der Waals surface area contributed by atoms with E-state index in [1.54, 1.807) is 9.95 Å². The van der Waals surface area contributed by atoms with Crippen molar-refractivity contribution >= 4 is 34.7 Å². The molecular weight excluding hydrogens is 268 g/mol. The van der Waals surface area contributed by atoms with Gasteiger partial charge in [0.2, 0.25) is 0 Å². The minimum atomic E-state index is -0.146. The number of rotatable bonds is 3. The lowest BCUT2D eigenvalue weighted by Crippen LogP contribution is -2.15. The lowest BCUT2D eigenvalue weighted by Gasteiger charge is -1.99. The van der Waals surface area contributed by atoms with Crippen molar-refractivity contribution in [3.8, 4) is 0 Å². The van der Waals surface area contributed by atoms with E-state index >= 15 is 0 Å². The summed E-state index contributed by atoms with van der Waals surface area (Å²) in [4.78, 5) is 15.6. The van der Waals surface area contributed by atoms with E-state index in [0.717, 1.165) is 17.2 Å². The zero-order chi connectivity index (χ0) is 11.1. The third kappa shape index (κ3) is 1.90. The van der Waals surface area contributed by atoms with Gasteiger partial charge >= 0.3 is 5.69 Å². The van der Waals surface area contributed by atoms with Crippen LogP contribution >= 0.6 is 34.7 Å². The molecule has 2 aromatic rings. The van der Waals surface area contributed by atoms with Crippen molar-refractivity contribution in [2.75, 3.05) is 0 Å². The van der Waals surface area contributed by atoms with Crippen LogP contribution in [0.4, 0.5) is 0 Å². The SMILES string of the molecule is O=c1[nH]nc(Sc2nc(Cl)cs2)n1C1CC1. The van der Waals surface area contributed by atoms with Gasteiger partial charge in [0, 0.05) is 11.4 Å². The third-order valence-corrected chi connectivity index (χ3v) is 4.45. The molecule has 2 heterocycles. The average Bonchev–Trinajstić information content (AvgIpc) is 2.91. The maximum absolute atomic E-state index is 11.5. The van der Waals surface area contributed by atoms with E-state index < -0.39 is 0 Å². The lowest BCUT2D eigenvalue weighted by atomic mass is 10.7. The number of nitrogens with one attached hydrogen (secondary N) is 1. The van der Waals surface area contributed by atoms with Gasteiger partial charge in [0.1, 0.15) is 5.15 Å². The number of aromatic amines is 1. The number of hydrogen-bond donors (Lipinski definition) is 1. The molecular formula is C8H7ClN4OS2. The summed E-state index contributed by atoms with van der Waals surface area (Å²) in [6, 6.07) is 0.309. The van der Waals surface area contributed by atoms with Crippen LogP contribution < -0.4 is 5.69 Å². The Labute approximate surface area is 104 Å². The Balaban J connectivity index is 1.92. The molecule has 0 bridgehead atoms. The fraction of sp³-hybridized carbons (Fsp3) is 0.375. The van der Waals surface area contributed by atoms with Crippen molar-refractivity contribution in [1.82, 2.24) is 19.7 Å². The summed E-state index contributed by atoms with van der Waals surface area (Å²) in [5.41, 5.74) is -0.146. The number of H-pyrrole nitrogens is 1. The summed E-state index contributed by atoms with van der Waals surface area (Å²) < 4.78 is 2.49. The Kier molecular flexibility index (Phi) is 2.53. The van der Waals surface area contributed by atoms with Crippen LogP contribution in [0.15, 0.2) is 19.7 Å². The van der Waals surface area contributed by atoms with Crippen LogP contribution in [-0.2, 0) is 0 Å². The van der Waals surface area contributed by atoms with Crippen molar-refractivity contribution in [2.45, 2.75) is 28.4 Å².